The SMILES string of the molecule is CCC[C@H]1CC[C@@H](C)N1C. The lowest BCUT2D eigenvalue weighted by Crippen LogP contribution is -2.29. The Balaban J connectivity index is 2.33. The van der Waals surface area contributed by atoms with Crippen molar-refractivity contribution in [2.75, 3.05) is 7.05 Å². The van der Waals surface area contributed by atoms with Gasteiger partial charge in [0.25, 0.3) is 0 Å². The van der Waals surface area contributed by atoms with E-state index in [2.05, 4.69) is 25.8 Å². The molecule has 0 aromatic heterocycles. The summed E-state index contributed by atoms with van der Waals surface area (Å²) in [6.45, 7) is 4.60. The second kappa shape index (κ2) is 3.38. The molecular formula is C9H19N. The summed E-state index contributed by atoms with van der Waals surface area (Å²) >= 11 is 0. The van der Waals surface area contributed by atoms with E-state index in [0.29, 0.717) is 0 Å². The molecule has 1 aliphatic heterocycles. The normalized spacial score (nSPS) is 35.1. The van der Waals surface area contributed by atoms with E-state index in [1.165, 1.54) is 25.7 Å². The summed E-state index contributed by atoms with van der Waals surface area (Å²) in [5.74, 6) is 0. The quantitative estimate of drug-likeness (QED) is 0.570. The number of hydrogen-bond donors (Lipinski definition) is 0. The molecule has 0 aliphatic carbocycles. The molecule has 0 spiro atoms. The van der Waals surface area contributed by atoms with Crippen LogP contribution in [0.5, 0.6) is 0 Å². The van der Waals surface area contributed by atoms with Crippen LogP contribution in [0.15, 0.2) is 0 Å². The van der Waals surface area contributed by atoms with Gasteiger partial charge in [0.05, 0.1) is 0 Å². The lowest BCUT2D eigenvalue weighted by atomic mass is 10.1. The molecule has 0 amide bonds. The van der Waals surface area contributed by atoms with E-state index in [9.17, 15) is 0 Å². The average Bonchev–Trinajstić information content (AvgIpc) is 2.20. The van der Waals surface area contributed by atoms with Crippen LogP contribution >= 0.6 is 0 Å². The summed E-state index contributed by atoms with van der Waals surface area (Å²) in [6, 6.07) is 1.72. The van der Waals surface area contributed by atoms with Crippen molar-refractivity contribution in [3.05, 3.63) is 0 Å². The van der Waals surface area contributed by atoms with Crippen LogP contribution in [0.25, 0.3) is 0 Å². The number of nitrogens with zero attached hydrogens (tertiary/aromatic N) is 1. The Bertz CT molecular complexity index is 98.9. The topological polar surface area (TPSA) is 3.24 Å². The Morgan fingerprint density at radius 3 is 2.50 bits per heavy atom. The van der Waals surface area contributed by atoms with Crippen LogP contribution in [-0.4, -0.2) is 24.0 Å². The van der Waals surface area contributed by atoms with Crippen LogP contribution in [0.4, 0.5) is 0 Å². The van der Waals surface area contributed by atoms with E-state index >= 15 is 0 Å². The predicted molar refractivity (Wildman–Crippen MR) is 45.2 cm³/mol. The van der Waals surface area contributed by atoms with Gasteiger partial charge in [-0.15, -0.1) is 0 Å². The molecule has 1 heterocycles. The van der Waals surface area contributed by atoms with Gasteiger partial charge in [-0.1, -0.05) is 13.3 Å². The number of likely N-dealkylation sites (tertiary alicyclic amines) is 1. The van der Waals surface area contributed by atoms with Crippen LogP contribution in [0.1, 0.15) is 39.5 Å². The van der Waals surface area contributed by atoms with Crippen molar-refractivity contribution in [2.24, 2.45) is 0 Å². The van der Waals surface area contributed by atoms with Gasteiger partial charge < -0.3 is 4.90 Å². The molecule has 0 unspecified atom stereocenters. The second-order valence-corrected chi connectivity index (χ2v) is 3.53. The molecule has 1 aliphatic rings. The van der Waals surface area contributed by atoms with Crippen molar-refractivity contribution in [1.29, 1.82) is 0 Å². The van der Waals surface area contributed by atoms with Crippen molar-refractivity contribution in [3.63, 3.8) is 0 Å². The second-order valence-electron chi connectivity index (χ2n) is 3.53. The minimum absolute atomic E-state index is 0.830. The first-order chi connectivity index (χ1) is 4.75. The Hall–Kier alpha value is -0.0400. The third-order valence-electron chi connectivity index (χ3n) is 2.81. The average molecular weight is 141 g/mol. The van der Waals surface area contributed by atoms with Crippen molar-refractivity contribution in [2.45, 2.75) is 51.6 Å². The molecule has 0 radical (unpaired) electrons. The van der Waals surface area contributed by atoms with Crippen LogP contribution in [0.2, 0.25) is 0 Å². The fourth-order valence-corrected chi connectivity index (χ4v) is 1.88. The molecule has 1 rings (SSSR count). The summed E-state index contributed by atoms with van der Waals surface area (Å²) < 4.78 is 0. The summed E-state index contributed by atoms with van der Waals surface area (Å²) in [6.07, 6.45) is 5.55. The molecule has 10 heavy (non-hydrogen) atoms. The number of hydrogen-bond acceptors (Lipinski definition) is 1. The monoisotopic (exact) mass is 141 g/mol. The molecule has 1 saturated heterocycles. The summed E-state index contributed by atoms with van der Waals surface area (Å²) in [5.41, 5.74) is 0. The fourth-order valence-electron chi connectivity index (χ4n) is 1.88. The molecule has 0 saturated carbocycles. The first kappa shape index (κ1) is 8.06. The van der Waals surface area contributed by atoms with Crippen LogP contribution in [0, 0.1) is 0 Å². The molecule has 0 aromatic rings. The first-order valence-electron chi connectivity index (χ1n) is 4.47. The minimum atomic E-state index is 0.830. The van der Waals surface area contributed by atoms with E-state index in [4.69, 9.17) is 0 Å². The van der Waals surface area contributed by atoms with E-state index in [1.807, 2.05) is 0 Å². The van der Waals surface area contributed by atoms with Gasteiger partial charge >= 0.3 is 0 Å². The lowest BCUT2D eigenvalue weighted by molar-refractivity contribution is 0.242. The van der Waals surface area contributed by atoms with Gasteiger partial charge in [0, 0.05) is 12.1 Å². The van der Waals surface area contributed by atoms with E-state index in [0.717, 1.165) is 12.1 Å². The highest BCUT2D eigenvalue weighted by atomic mass is 15.2. The van der Waals surface area contributed by atoms with Gasteiger partial charge in [-0.3, -0.25) is 0 Å². The van der Waals surface area contributed by atoms with E-state index < -0.39 is 0 Å². The summed E-state index contributed by atoms with van der Waals surface area (Å²) in [5, 5.41) is 0. The largest absolute Gasteiger partial charge is 0.301 e. The van der Waals surface area contributed by atoms with Crippen LogP contribution < -0.4 is 0 Å². The predicted octanol–water partition coefficient (Wildman–Crippen LogP) is 2.27. The van der Waals surface area contributed by atoms with Gasteiger partial charge in [0.1, 0.15) is 0 Å². The molecular weight excluding hydrogens is 122 g/mol. The lowest BCUT2D eigenvalue weighted by Gasteiger charge is -2.22. The van der Waals surface area contributed by atoms with Crippen molar-refractivity contribution in [1.82, 2.24) is 4.90 Å². The van der Waals surface area contributed by atoms with Gasteiger partial charge in [0.15, 0.2) is 0 Å². The summed E-state index contributed by atoms with van der Waals surface area (Å²) in [4.78, 5) is 2.53. The van der Waals surface area contributed by atoms with Crippen molar-refractivity contribution < 1.29 is 0 Å². The molecule has 0 aromatic carbocycles. The first-order valence-corrected chi connectivity index (χ1v) is 4.47. The Kier molecular flexibility index (Phi) is 2.72. The summed E-state index contributed by atoms with van der Waals surface area (Å²) in [7, 11) is 2.26. The van der Waals surface area contributed by atoms with Crippen LogP contribution in [-0.2, 0) is 0 Å². The molecule has 1 heteroatoms. The third-order valence-corrected chi connectivity index (χ3v) is 2.81. The molecule has 2 atom stereocenters. The molecule has 1 fully saturated rings. The zero-order chi connectivity index (χ0) is 7.56. The molecule has 0 bridgehead atoms. The highest BCUT2D eigenvalue weighted by molar-refractivity contribution is 4.81. The van der Waals surface area contributed by atoms with E-state index in [1.54, 1.807) is 0 Å². The van der Waals surface area contributed by atoms with Gasteiger partial charge in [-0.2, -0.15) is 0 Å². The highest BCUT2D eigenvalue weighted by Gasteiger charge is 2.25. The highest BCUT2D eigenvalue weighted by Crippen LogP contribution is 2.24. The maximum atomic E-state index is 2.53. The Morgan fingerprint density at radius 1 is 1.40 bits per heavy atom. The zero-order valence-electron chi connectivity index (χ0n) is 7.43. The molecule has 0 N–H and O–H groups in total. The third kappa shape index (κ3) is 1.51. The molecule has 60 valence electrons. The maximum Gasteiger partial charge on any atom is 0.00955 e. The minimum Gasteiger partial charge on any atom is -0.301 e. The van der Waals surface area contributed by atoms with Crippen molar-refractivity contribution in [3.8, 4) is 0 Å². The van der Waals surface area contributed by atoms with Crippen molar-refractivity contribution >= 4 is 0 Å². The number of rotatable bonds is 2. The maximum absolute atomic E-state index is 2.53. The fraction of sp³-hybridized carbons (Fsp3) is 1.00. The van der Waals surface area contributed by atoms with Gasteiger partial charge in [-0.05, 0) is 33.2 Å². The van der Waals surface area contributed by atoms with E-state index in [-0.39, 0.29) is 0 Å². The van der Waals surface area contributed by atoms with Gasteiger partial charge in [0.2, 0.25) is 0 Å². The van der Waals surface area contributed by atoms with Crippen LogP contribution in [0.3, 0.4) is 0 Å². The molecule has 1 nitrogen and oxygen atoms in total. The smallest absolute Gasteiger partial charge is 0.00955 e. The Labute approximate surface area is 64.4 Å². The standard InChI is InChI=1S/C9H19N/c1-4-5-9-7-6-8(2)10(9)3/h8-9H,4-7H2,1-3H3/t8-,9+/m1/s1. The zero-order valence-corrected chi connectivity index (χ0v) is 7.43. The van der Waals surface area contributed by atoms with Gasteiger partial charge in [-0.25, -0.2) is 0 Å². The Morgan fingerprint density at radius 2 is 2.10 bits per heavy atom.